The van der Waals surface area contributed by atoms with Crippen molar-refractivity contribution in [2.45, 2.75) is 38.3 Å². The van der Waals surface area contributed by atoms with Crippen LogP contribution < -0.4 is 5.32 Å². The van der Waals surface area contributed by atoms with Gasteiger partial charge in [-0.1, -0.05) is 50.0 Å². The van der Waals surface area contributed by atoms with Crippen molar-refractivity contribution in [3.05, 3.63) is 89.5 Å². The lowest BCUT2D eigenvalue weighted by molar-refractivity contribution is -0.119. The van der Waals surface area contributed by atoms with Gasteiger partial charge in [-0.15, -0.1) is 0 Å². The number of imide groups is 1. The van der Waals surface area contributed by atoms with Crippen molar-refractivity contribution in [3.8, 4) is 11.1 Å². The number of fused-ring (bicyclic) bond motifs is 1. The fourth-order valence-corrected chi connectivity index (χ4v) is 5.05. The first-order valence-corrected chi connectivity index (χ1v) is 16.5. The SMILES string of the molecule is C[Si](C)(C)CCOCN(C=O)C(=O)N[C@@H](CN1Cc2ccc(F)cc2C1=O)c1ccc(-c2ccncc2)cc1. The van der Waals surface area contributed by atoms with E-state index in [1.54, 1.807) is 23.4 Å². The number of hydrogen-bond donors (Lipinski definition) is 1. The quantitative estimate of drug-likeness (QED) is 0.156. The number of carbonyl (C=O) groups excluding carboxylic acids is 3. The van der Waals surface area contributed by atoms with Gasteiger partial charge in [0, 0.05) is 45.7 Å². The minimum Gasteiger partial charge on any atom is -0.361 e. The minimum absolute atomic E-state index is 0.138. The standard InChI is InChI=1S/C29H33FN4O4Si/c1-39(2,3)15-14-38-20-34(19-35)29(37)32-27(18-33-17-24-8-9-25(30)16-26(24)28(33)36)23-6-4-21(5-7-23)22-10-12-31-13-11-22/h4-13,16,19,27H,14-15,17-18,20H2,1-3H3,(H,32,37)/t27-/m0/s1. The van der Waals surface area contributed by atoms with E-state index in [-0.39, 0.29) is 19.2 Å². The molecule has 1 N–H and O–H groups in total. The molecule has 3 aromatic rings. The number of carbonyl (C=O) groups is 3. The second kappa shape index (κ2) is 12.3. The molecule has 2 aromatic carbocycles. The molecule has 8 nitrogen and oxygen atoms in total. The summed E-state index contributed by atoms with van der Waals surface area (Å²) in [6.45, 7) is 7.39. The molecular weight excluding hydrogens is 515 g/mol. The molecule has 0 spiro atoms. The number of pyridine rings is 1. The van der Waals surface area contributed by atoms with Gasteiger partial charge in [0.25, 0.3) is 5.91 Å². The molecule has 0 aliphatic carbocycles. The highest BCUT2D eigenvalue weighted by molar-refractivity contribution is 6.76. The van der Waals surface area contributed by atoms with Gasteiger partial charge in [-0.05, 0) is 52.6 Å². The number of halogens is 1. The zero-order valence-electron chi connectivity index (χ0n) is 22.4. The molecule has 204 valence electrons. The first-order chi connectivity index (χ1) is 18.6. The van der Waals surface area contributed by atoms with Crippen LogP contribution >= 0.6 is 0 Å². The van der Waals surface area contributed by atoms with Gasteiger partial charge >= 0.3 is 6.03 Å². The molecule has 1 atom stereocenters. The smallest absolute Gasteiger partial charge is 0.326 e. The fourth-order valence-electron chi connectivity index (χ4n) is 4.30. The molecule has 39 heavy (non-hydrogen) atoms. The Kier molecular flexibility index (Phi) is 8.88. The fraction of sp³-hybridized carbons (Fsp3) is 0.310. The lowest BCUT2D eigenvalue weighted by Crippen LogP contribution is -2.45. The maximum Gasteiger partial charge on any atom is 0.326 e. The molecule has 0 bridgehead atoms. The second-order valence-electron chi connectivity index (χ2n) is 10.8. The van der Waals surface area contributed by atoms with E-state index in [9.17, 15) is 18.8 Å². The van der Waals surface area contributed by atoms with Crippen LogP contribution in [-0.2, 0) is 16.1 Å². The molecule has 1 aromatic heterocycles. The number of urea groups is 1. The zero-order chi connectivity index (χ0) is 28.0. The van der Waals surface area contributed by atoms with Crippen molar-refractivity contribution >= 4 is 26.4 Å². The molecule has 0 unspecified atom stereocenters. The van der Waals surface area contributed by atoms with E-state index < -0.39 is 26.0 Å². The van der Waals surface area contributed by atoms with E-state index in [0.717, 1.165) is 33.2 Å². The Morgan fingerprint density at radius 1 is 1.13 bits per heavy atom. The van der Waals surface area contributed by atoms with Gasteiger partial charge in [0.1, 0.15) is 12.5 Å². The van der Waals surface area contributed by atoms with E-state index in [1.807, 2.05) is 36.4 Å². The summed E-state index contributed by atoms with van der Waals surface area (Å²) in [5.41, 5.74) is 3.76. The second-order valence-corrected chi connectivity index (χ2v) is 16.4. The van der Waals surface area contributed by atoms with E-state index in [4.69, 9.17) is 4.74 Å². The average molecular weight is 549 g/mol. The third-order valence-corrected chi connectivity index (χ3v) is 8.30. The van der Waals surface area contributed by atoms with Crippen LogP contribution in [0.1, 0.15) is 27.5 Å². The number of aromatic nitrogens is 1. The lowest BCUT2D eigenvalue weighted by atomic mass is 10.0. The Morgan fingerprint density at radius 3 is 2.49 bits per heavy atom. The van der Waals surface area contributed by atoms with E-state index in [2.05, 4.69) is 29.9 Å². The maximum absolute atomic E-state index is 13.8. The number of nitrogens with zero attached hydrogens (tertiary/aromatic N) is 3. The van der Waals surface area contributed by atoms with Crippen LogP contribution in [0.4, 0.5) is 9.18 Å². The molecule has 1 aliphatic heterocycles. The summed E-state index contributed by atoms with van der Waals surface area (Å²) in [5.74, 6) is -0.782. The summed E-state index contributed by atoms with van der Waals surface area (Å²) in [5, 5.41) is 2.89. The highest BCUT2D eigenvalue weighted by Gasteiger charge is 2.31. The Hall–Kier alpha value is -3.89. The summed E-state index contributed by atoms with van der Waals surface area (Å²) in [6.07, 6.45) is 3.87. The van der Waals surface area contributed by atoms with Crippen LogP contribution in [0.5, 0.6) is 0 Å². The maximum atomic E-state index is 13.8. The highest BCUT2D eigenvalue weighted by Crippen LogP contribution is 2.27. The lowest BCUT2D eigenvalue weighted by Gasteiger charge is -2.27. The van der Waals surface area contributed by atoms with Crippen LogP contribution in [0.15, 0.2) is 67.0 Å². The van der Waals surface area contributed by atoms with Crippen LogP contribution in [0.3, 0.4) is 0 Å². The molecule has 0 fully saturated rings. The van der Waals surface area contributed by atoms with E-state index >= 15 is 0 Å². The van der Waals surface area contributed by atoms with Gasteiger partial charge in [0.05, 0.1) is 6.04 Å². The topological polar surface area (TPSA) is 91.8 Å². The number of rotatable bonds is 11. The molecule has 0 radical (unpaired) electrons. The van der Waals surface area contributed by atoms with Gasteiger partial charge in [0.2, 0.25) is 6.41 Å². The predicted molar refractivity (Wildman–Crippen MR) is 149 cm³/mol. The van der Waals surface area contributed by atoms with Crippen LogP contribution in [-0.4, -0.2) is 61.1 Å². The van der Waals surface area contributed by atoms with Gasteiger partial charge in [-0.3, -0.25) is 14.6 Å². The van der Waals surface area contributed by atoms with Crippen molar-refractivity contribution < 1.29 is 23.5 Å². The van der Waals surface area contributed by atoms with Gasteiger partial charge in [-0.2, -0.15) is 0 Å². The number of amides is 4. The van der Waals surface area contributed by atoms with Crippen molar-refractivity contribution in [2.75, 3.05) is 19.9 Å². The summed E-state index contributed by atoms with van der Waals surface area (Å²) < 4.78 is 19.4. The summed E-state index contributed by atoms with van der Waals surface area (Å²) in [7, 11) is -1.32. The van der Waals surface area contributed by atoms with Crippen molar-refractivity contribution in [1.29, 1.82) is 0 Å². The average Bonchev–Trinajstić information content (AvgIpc) is 3.22. The van der Waals surface area contributed by atoms with Crippen molar-refractivity contribution in [3.63, 3.8) is 0 Å². The Labute approximate surface area is 228 Å². The van der Waals surface area contributed by atoms with Crippen molar-refractivity contribution in [2.24, 2.45) is 0 Å². The molecule has 0 saturated carbocycles. The van der Waals surface area contributed by atoms with Gasteiger partial charge < -0.3 is 15.0 Å². The van der Waals surface area contributed by atoms with Crippen LogP contribution in [0.25, 0.3) is 11.1 Å². The Morgan fingerprint density at radius 2 is 1.82 bits per heavy atom. The van der Waals surface area contributed by atoms with Gasteiger partial charge in [-0.25, -0.2) is 14.1 Å². The Balaban J connectivity index is 1.51. The van der Waals surface area contributed by atoms with Gasteiger partial charge in [0.15, 0.2) is 0 Å². The largest absolute Gasteiger partial charge is 0.361 e. The summed E-state index contributed by atoms with van der Waals surface area (Å²) >= 11 is 0. The first kappa shape index (κ1) is 28.1. The van der Waals surface area contributed by atoms with E-state index in [1.165, 1.54) is 12.1 Å². The van der Waals surface area contributed by atoms with E-state index in [0.29, 0.717) is 25.1 Å². The zero-order valence-corrected chi connectivity index (χ0v) is 23.4. The van der Waals surface area contributed by atoms with Crippen LogP contribution in [0.2, 0.25) is 25.7 Å². The third-order valence-electron chi connectivity index (χ3n) is 6.59. The molecular formula is C29H33FN4O4Si. The van der Waals surface area contributed by atoms with Crippen molar-refractivity contribution in [1.82, 2.24) is 20.1 Å². The predicted octanol–water partition coefficient (Wildman–Crippen LogP) is 5.07. The minimum atomic E-state index is -1.32. The summed E-state index contributed by atoms with van der Waals surface area (Å²) in [6, 6.07) is 15.2. The number of ether oxygens (including phenoxy) is 1. The molecule has 2 heterocycles. The molecule has 4 amide bonds. The van der Waals surface area contributed by atoms with Crippen LogP contribution in [0, 0.1) is 5.82 Å². The number of benzene rings is 2. The molecule has 1 aliphatic rings. The molecule has 10 heteroatoms. The molecule has 0 saturated heterocycles. The highest BCUT2D eigenvalue weighted by atomic mass is 28.3. The number of hydrogen-bond acceptors (Lipinski definition) is 5. The Bertz CT molecular complexity index is 1320. The third kappa shape index (κ3) is 7.36. The monoisotopic (exact) mass is 548 g/mol. The summed E-state index contributed by atoms with van der Waals surface area (Å²) in [4.78, 5) is 44.4. The molecule has 4 rings (SSSR count). The normalized spacial score (nSPS) is 13.6. The first-order valence-electron chi connectivity index (χ1n) is 12.8. The number of nitrogens with one attached hydrogen (secondary N) is 1.